The molecule has 0 fully saturated rings. The van der Waals surface area contributed by atoms with Gasteiger partial charge < -0.3 is 24.3 Å². The van der Waals surface area contributed by atoms with E-state index >= 15 is 0 Å². The van der Waals surface area contributed by atoms with Gasteiger partial charge in [-0.05, 0) is 47.9 Å². The van der Waals surface area contributed by atoms with Crippen LogP contribution in [0.2, 0.25) is 0 Å². The van der Waals surface area contributed by atoms with Crippen molar-refractivity contribution in [2.75, 3.05) is 20.0 Å². The molecular formula is C23H23N3O5. The predicted molar refractivity (Wildman–Crippen MR) is 113 cm³/mol. The van der Waals surface area contributed by atoms with E-state index in [1.807, 2.05) is 36.4 Å². The number of aromatic nitrogens is 2. The number of ether oxygens (including phenoxy) is 4. The minimum atomic E-state index is -0.229. The molecule has 2 aliphatic rings. The predicted octanol–water partition coefficient (Wildman–Crippen LogP) is 3.70. The molecule has 0 spiro atoms. The molecule has 0 radical (unpaired) electrons. The van der Waals surface area contributed by atoms with Gasteiger partial charge in [0.15, 0.2) is 23.0 Å². The first kappa shape index (κ1) is 19.3. The van der Waals surface area contributed by atoms with Crippen LogP contribution in [0.4, 0.5) is 0 Å². The highest BCUT2D eigenvalue weighted by atomic mass is 16.7. The molecule has 0 bridgehead atoms. The zero-order chi connectivity index (χ0) is 21.4. The number of nitrogens with one attached hydrogen (secondary N) is 2. The largest absolute Gasteiger partial charge is 0.486 e. The molecule has 3 heterocycles. The molecule has 1 unspecified atom stereocenters. The number of H-pyrrole nitrogens is 1. The third-order valence-electron chi connectivity index (χ3n) is 5.37. The molecule has 2 aliphatic heterocycles. The van der Waals surface area contributed by atoms with Crippen molar-refractivity contribution in [2.45, 2.75) is 19.9 Å². The second-order valence-electron chi connectivity index (χ2n) is 7.83. The first-order valence-corrected chi connectivity index (χ1v) is 10.2. The Labute approximate surface area is 179 Å². The standard InChI is InChI=1S/C23H23N3O5/c1-13(2)22(15-4-6-18-20(10-15)29-8-7-28-18)24-23(27)17-11-16(25-26-17)14-3-5-19-21(9-14)31-12-30-19/h3-6,9-11,13,22H,7-8,12H2,1-2H3,(H,24,27)(H,25,26). The van der Waals surface area contributed by atoms with Crippen LogP contribution in [0, 0.1) is 5.92 Å². The van der Waals surface area contributed by atoms with Crippen molar-refractivity contribution in [1.29, 1.82) is 0 Å². The number of aromatic amines is 1. The van der Waals surface area contributed by atoms with Gasteiger partial charge in [-0.2, -0.15) is 5.10 Å². The summed E-state index contributed by atoms with van der Waals surface area (Å²) in [5, 5.41) is 10.2. The smallest absolute Gasteiger partial charge is 0.269 e. The van der Waals surface area contributed by atoms with Crippen LogP contribution >= 0.6 is 0 Å². The third-order valence-corrected chi connectivity index (χ3v) is 5.37. The molecule has 8 nitrogen and oxygen atoms in total. The molecule has 2 aromatic carbocycles. The van der Waals surface area contributed by atoms with Crippen LogP contribution in [0.15, 0.2) is 42.5 Å². The average molecular weight is 421 g/mol. The fraction of sp³-hybridized carbons (Fsp3) is 0.304. The number of benzene rings is 2. The third kappa shape index (κ3) is 3.76. The molecule has 2 N–H and O–H groups in total. The molecule has 0 saturated carbocycles. The van der Waals surface area contributed by atoms with Gasteiger partial charge in [-0.3, -0.25) is 9.89 Å². The number of rotatable bonds is 5. The van der Waals surface area contributed by atoms with Crippen molar-refractivity contribution in [3.05, 3.63) is 53.7 Å². The first-order chi connectivity index (χ1) is 15.1. The van der Waals surface area contributed by atoms with Crippen LogP contribution in [0.1, 0.15) is 35.9 Å². The summed E-state index contributed by atoms with van der Waals surface area (Å²) in [5.74, 6) is 2.75. The Morgan fingerprint density at radius 2 is 1.65 bits per heavy atom. The van der Waals surface area contributed by atoms with Crippen molar-refractivity contribution < 1.29 is 23.7 Å². The van der Waals surface area contributed by atoms with Gasteiger partial charge in [-0.1, -0.05) is 19.9 Å². The SMILES string of the molecule is CC(C)C(NC(=O)c1cc(-c2ccc3c(c2)OCO3)n[nH]1)c1ccc2c(c1)OCCO2. The van der Waals surface area contributed by atoms with Gasteiger partial charge >= 0.3 is 0 Å². The molecule has 8 heteroatoms. The number of carbonyl (C=O) groups is 1. The van der Waals surface area contributed by atoms with Gasteiger partial charge in [-0.15, -0.1) is 0 Å². The Bertz CT molecular complexity index is 1120. The van der Waals surface area contributed by atoms with Gasteiger partial charge in [-0.25, -0.2) is 0 Å². The molecule has 1 atom stereocenters. The maximum absolute atomic E-state index is 13.0. The summed E-state index contributed by atoms with van der Waals surface area (Å²) in [6.07, 6.45) is 0. The summed E-state index contributed by atoms with van der Waals surface area (Å²) < 4.78 is 22.1. The van der Waals surface area contributed by atoms with E-state index < -0.39 is 0 Å². The van der Waals surface area contributed by atoms with E-state index in [9.17, 15) is 4.79 Å². The van der Waals surface area contributed by atoms with Crippen LogP contribution in [-0.2, 0) is 0 Å². The van der Waals surface area contributed by atoms with E-state index in [-0.39, 0.29) is 24.7 Å². The van der Waals surface area contributed by atoms with Crippen LogP contribution in [-0.4, -0.2) is 36.1 Å². The number of hydrogen-bond donors (Lipinski definition) is 2. The molecule has 0 aliphatic carbocycles. The monoisotopic (exact) mass is 421 g/mol. The van der Waals surface area contributed by atoms with Gasteiger partial charge in [0.05, 0.1) is 11.7 Å². The minimum Gasteiger partial charge on any atom is -0.486 e. The Kier molecular flexibility index (Phi) is 4.89. The maximum atomic E-state index is 13.0. The van der Waals surface area contributed by atoms with Crippen molar-refractivity contribution in [3.8, 4) is 34.3 Å². The van der Waals surface area contributed by atoms with E-state index in [1.165, 1.54) is 0 Å². The van der Waals surface area contributed by atoms with Crippen molar-refractivity contribution in [3.63, 3.8) is 0 Å². The van der Waals surface area contributed by atoms with Crippen molar-refractivity contribution in [1.82, 2.24) is 15.5 Å². The Hall–Kier alpha value is -3.68. The quantitative estimate of drug-likeness (QED) is 0.652. The van der Waals surface area contributed by atoms with Crippen molar-refractivity contribution >= 4 is 5.91 Å². The lowest BCUT2D eigenvalue weighted by Gasteiger charge is -2.25. The highest BCUT2D eigenvalue weighted by Crippen LogP contribution is 2.36. The molecular weight excluding hydrogens is 398 g/mol. The number of nitrogens with zero attached hydrogens (tertiary/aromatic N) is 1. The van der Waals surface area contributed by atoms with Gasteiger partial charge in [0.1, 0.15) is 18.9 Å². The summed E-state index contributed by atoms with van der Waals surface area (Å²) >= 11 is 0. The molecule has 3 aromatic rings. The minimum absolute atomic E-state index is 0.169. The second kappa shape index (κ2) is 7.86. The fourth-order valence-electron chi connectivity index (χ4n) is 3.75. The zero-order valence-corrected chi connectivity index (χ0v) is 17.3. The highest BCUT2D eigenvalue weighted by molar-refractivity contribution is 5.93. The summed E-state index contributed by atoms with van der Waals surface area (Å²) in [6.45, 7) is 5.40. The topological polar surface area (TPSA) is 94.7 Å². The molecule has 0 saturated heterocycles. The summed E-state index contributed by atoms with van der Waals surface area (Å²) in [4.78, 5) is 13.0. The van der Waals surface area contributed by atoms with E-state index in [1.54, 1.807) is 6.07 Å². The van der Waals surface area contributed by atoms with Gasteiger partial charge in [0.2, 0.25) is 6.79 Å². The lowest BCUT2D eigenvalue weighted by molar-refractivity contribution is 0.0920. The lowest BCUT2D eigenvalue weighted by Crippen LogP contribution is -2.32. The molecule has 1 amide bonds. The summed E-state index contributed by atoms with van der Waals surface area (Å²) in [6, 6.07) is 12.9. The molecule has 5 rings (SSSR count). The second-order valence-corrected chi connectivity index (χ2v) is 7.83. The van der Waals surface area contributed by atoms with Gasteiger partial charge in [0, 0.05) is 5.56 Å². The Morgan fingerprint density at radius 1 is 0.935 bits per heavy atom. The van der Waals surface area contributed by atoms with Crippen molar-refractivity contribution in [2.24, 2.45) is 5.92 Å². The fourth-order valence-corrected chi connectivity index (χ4v) is 3.75. The molecule has 1 aromatic heterocycles. The number of amides is 1. The van der Waals surface area contributed by atoms with Crippen LogP contribution in [0.3, 0.4) is 0 Å². The highest BCUT2D eigenvalue weighted by Gasteiger charge is 2.23. The molecule has 160 valence electrons. The normalized spacial score (nSPS) is 15.1. The summed E-state index contributed by atoms with van der Waals surface area (Å²) in [7, 11) is 0. The number of fused-ring (bicyclic) bond motifs is 2. The Balaban J connectivity index is 1.35. The van der Waals surface area contributed by atoms with Crippen LogP contribution in [0.25, 0.3) is 11.3 Å². The Morgan fingerprint density at radius 3 is 2.48 bits per heavy atom. The lowest BCUT2D eigenvalue weighted by atomic mass is 9.95. The zero-order valence-electron chi connectivity index (χ0n) is 17.3. The van der Waals surface area contributed by atoms with Crippen LogP contribution in [0.5, 0.6) is 23.0 Å². The number of hydrogen-bond acceptors (Lipinski definition) is 6. The maximum Gasteiger partial charge on any atom is 0.269 e. The van der Waals surface area contributed by atoms with Gasteiger partial charge in [0.25, 0.3) is 5.91 Å². The molecule has 31 heavy (non-hydrogen) atoms. The summed E-state index contributed by atoms with van der Waals surface area (Å²) in [5.41, 5.74) is 2.84. The number of carbonyl (C=O) groups excluding carboxylic acids is 1. The first-order valence-electron chi connectivity index (χ1n) is 10.2. The van der Waals surface area contributed by atoms with E-state index in [0.29, 0.717) is 41.9 Å². The van der Waals surface area contributed by atoms with E-state index in [4.69, 9.17) is 18.9 Å². The average Bonchev–Trinajstić information content (AvgIpc) is 3.46. The van der Waals surface area contributed by atoms with Crippen LogP contribution < -0.4 is 24.3 Å². The van der Waals surface area contributed by atoms with E-state index in [0.717, 1.165) is 16.9 Å². The van der Waals surface area contributed by atoms with E-state index in [2.05, 4.69) is 29.4 Å².